The Morgan fingerprint density at radius 2 is 2.04 bits per heavy atom. The molecule has 0 atom stereocenters. The van der Waals surface area contributed by atoms with Gasteiger partial charge in [0.25, 0.3) is 0 Å². The molecule has 8 nitrogen and oxygen atoms in total. The summed E-state index contributed by atoms with van der Waals surface area (Å²) in [6.07, 6.45) is 5.80. The fraction of sp³-hybridized carbons (Fsp3) is 0.471. The van der Waals surface area contributed by atoms with Crippen molar-refractivity contribution in [2.24, 2.45) is 5.92 Å². The molecule has 0 aliphatic carbocycles. The average molecular weight is 341 g/mol. The summed E-state index contributed by atoms with van der Waals surface area (Å²) in [4.78, 5) is 22.2. The summed E-state index contributed by atoms with van der Waals surface area (Å²) >= 11 is 0. The Kier molecular flexibility index (Phi) is 5.71. The van der Waals surface area contributed by atoms with Crippen molar-refractivity contribution in [2.45, 2.75) is 26.2 Å². The van der Waals surface area contributed by atoms with Gasteiger partial charge in [-0.15, -0.1) is 10.2 Å². The summed E-state index contributed by atoms with van der Waals surface area (Å²) in [5.41, 5.74) is 0. The molecule has 0 unspecified atom stereocenters. The van der Waals surface area contributed by atoms with E-state index in [1.54, 1.807) is 12.3 Å². The van der Waals surface area contributed by atoms with Crippen molar-refractivity contribution in [1.29, 1.82) is 0 Å². The highest BCUT2D eigenvalue weighted by Gasteiger charge is 2.25. The maximum atomic E-state index is 12.0. The molecular formula is C17H23N7O. The second-order valence-corrected chi connectivity index (χ2v) is 6.05. The molecule has 0 aromatic carbocycles. The number of aromatic nitrogens is 4. The summed E-state index contributed by atoms with van der Waals surface area (Å²) < 4.78 is 0. The van der Waals surface area contributed by atoms with Crippen molar-refractivity contribution in [3.05, 3.63) is 30.7 Å². The Morgan fingerprint density at radius 1 is 1.20 bits per heavy atom. The van der Waals surface area contributed by atoms with Crippen LogP contribution in [0.3, 0.4) is 0 Å². The van der Waals surface area contributed by atoms with Crippen LogP contribution >= 0.6 is 0 Å². The van der Waals surface area contributed by atoms with Crippen LogP contribution in [0.25, 0.3) is 0 Å². The van der Waals surface area contributed by atoms with Gasteiger partial charge in [-0.25, -0.2) is 9.97 Å². The van der Waals surface area contributed by atoms with Gasteiger partial charge in [0, 0.05) is 31.7 Å². The van der Waals surface area contributed by atoms with E-state index in [2.05, 4.69) is 42.6 Å². The van der Waals surface area contributed by atoms with Gasteiger partial charge < -0.3 is 15.5 Å². The average Bonchev–Trinajstić information content (AvgIpc) is 2.68. The van der Waals surface area contributed by atoms with E-state index in [1.807, 2.05) is 12.1 Å². The number of hydrogen-bond acceptors (Lipinski definition) is 7. The molecule has 1 aliphatic rings. The minimum Gasteiger partial charge on any atom is -0.356 e. The lowest BCUT2D eigenvalue weighted by Gasteiger charge is -2.31. The Labute approximate surface area is 147 Å². The van der Waals surface area contributed by atoms with Gasteiger partial charge in [0.15, 0.2) is 11.6 Å². The first-order valence-corrected chi connectivity index (χ1v) is 8.65. The van der Waals surface area contributed by atoms with Crippen LogP contribution < -0.4 is 15.5 Å². The molecule has 2 N–H and O–H groups in total. The van der Waals surface area contributed by atoms with Gasteiger partial charge in [-0.1, -0.05) is 6.92 Å². The lowest BCUT2D eigenvalue weighted by atomic mass is 9.96. The fourth-order valence-electron chi connectivity index (χ4n) is 2.82. The first-order chi connectivity index (χ1) is 12.3. The number of amides is 1. The number of hydrogen-bond donors (Lipinski definition) is 2. The monoisotopic (exact) mass is 341 g/mol. The molecule has 8 heteroatoms. The third-order valence-electron chi connectivity index (χ3n) is 4.23. The van der Waals surface area contributed by atoms with Gasteiger partial charge >= 0.3 is 0 Å². The molecule has 3 rings (SSSR count). The largest absolute Gasteiger partial charge is 0.356 e. The van der Waals surface area contributed by atoms with Crippen LogP contribution in [0, 0.1) is 5.92 Å². The van der Waals surface area contributed by atoms with Crippen molar-refractivity contribution < 1.29 is 4.79 Å². The first-order valence-electron chi connectivity index (χ1n) is 8.65. The Balaban J connectivity index is 1.52. The molecule has 1 amide bonds. The topological polar surface area (TPSA) is 95.9 Å². The normalized spacial score (nSPS) is 15.0. The molecule has 0 radical (unpaired) electrons. The minimum atomic E-state index is 0.106. The molecule has 1 fully saturated rings. The quantitative estimate of drug-likeness (QED) is 0.826. The molecule has 0 saturated carbocycles. The minimum absolute atomic E-state index is 0.106. The molecule has 1 aliphatic heterocycles. The van der Waals surface area contributed by atoms with E-state index in [1.165, 1.54) is 6.33 Å². The number of nitrogens with zero attached hydrogens (tertiary/aromatic N) is 5. The molecule has 3 heterocycles. The van der Waals surface area contributed by atoms with E-state index in [4.69, 9.17) is 0 Å². The van der Waals surface area contributed by atoms with Crippen molar-refractivity contribution in [2.75, 3.05) is 29.9 Å². The Morgan fingerprint density at radius 3 is 2.68 bits per heavy atom. The number of anilines is 3. The summed E-state index contributed by atoms with van der Waals surface area (Å²) in [6, 6.07) is 5.59. The molecule has 132 valence electrons. The predicted molar refractivity (Wildman–Crippen MR) is 95.6 cm³/mol. The van der Waals surface area contributed by atoms with Crippen LogP contribution in [0.15, 0.2) is 30.7 Å². The zero-order valence-corrected chi connectivity index (χ0v) is 14.4. The Hall–Kier alpha value is -2.77. The third kappa shape index (κ3) is 4.62. The van der Waals surface area contributed by atoms with Gasteiger partial charge in [0.1, 0.15) is 12.1 Å². The third-order valence-corrected chi connectivity index (χ3v) is 4.23. The number of carbonyl (C=O) groups excluding carboxylic acids is 1. The highest BCUT2D eigenvalue weighted by molar-refractivity contribution is 5.78. The molecule has 2 aromatic rings. The van der Waals surface area contributed by atoms with Gasteiger partial charge in [-0.2, -0.15) is 0 Å². The second kappa shape index (κ2) is 8.36. The zero-order chi connectivity index (χ0) is 17.5. The molecular weight excluding hydrogens is 318 g/mol. The van der Waals surface area contributed by atoms with Crippen LogP contribution in [-0.4, -0.2) is 45.7 Å². The fourth-order valence-corrected chi connectivity index (χ4v) is 2.82. The van der Waals surface area contributed by atoms with Crippen LogP contribution in [0.1, 0.15) is 26.2 Å². The smallest absolute Gasteiger partial charge is 0.223 e. The van der Waals surface area contributed by atoms with E-state index < -0.39 is 0 Å². The SMILES string of the molecule is CCCNC(=O)C1CCN(c2ccc(Nc3ccncn3)nn2)CC1. The molecule has 2 aromatic heterocycles. The maximum Gasteiger partial charge on any atom is 0.223 e. The standard InChI is InChI=1S/C17H23N7O/c1-2-8-19-17(25)13-6-10-24(11-7-13)16-4-3-15(22-23-16)21-14-5-9-18-12-20-14/h3-5,9,12-13H,2,6-8,10-11H2,1H3,(H,19,25)(H,18,20,21,22). The van der Waals surface area contributed by atoms with E-state index >= 15 is 0 Å². The van der Waals surface area contributed by atoms with E-state index in [9.17, 15) is 4.79 Å². The number of rotatable bonds is 6. The number of nitrogens with one attached hydrogen (secondary N) is 2. The van der Waals surface area contributed by atoms with Gasteiger partial charge in [0.05, 0.1) is 0 Å². The van der Waals surface area contributed by atoms with E-state index in [0.717, 1.165) is 44.7 Å². The highest BCUT2D eigenvalue weighted by Crippen LogP contribution is 2.22. The maximum absolute atomic E-state index is 12.0. The van der Waals surface area contributed by atoms with E-state index in [-0.39, 0.29) is 11.8 Å². The van der Waals surface area contributed by atoms with Crippen LogP contribution in [0.2, 0.25) is 0 Å². The highest BCUT2D eigenvalue weighted by atomic mass is 16.1. The summed E-state index contributed by atoms with van der Waals surface area (Å²) in [5.74, 6) is 2.43. The molecule has 1 saturated heterocycles. The van der Waals surface area contributed by atoms with Crippen LogP contribution in [0.5, 0.6) is 0 Å². The van der Waals surface area contributed by atoms with E-state index in [0.29, 0.717) is 11.6 Å². The Bertz CT molecular complexity index is 669. The molecule has 0 bridgehead atoms. The zero-order valence-electron chi connectivity index (χ0n) is 14.4. The lowest BCUT2D eigenvalue weighted by Crippen LogP contribution is -2.41. The lowest BCUT2D eigenvalue weighted by molar-refractivity contribution is -0.125. The van der Waals surface area contributed by atoms with Crippen molar-refractivity contribution in [3.63, 3.8) is 0 Å². The summed E-state index contributed by atoms with van der Waals surface area (Å²) in [7, 11) is 0. The van der Waals surface area contributed by atoms with Crippen LogP contribution in [-0.2, 0) is 4.79 Å². The number of carbonyl (C=O) groups is 1. The molecule has 0 spiro atoms. The van der Waals surface area contributed by atoms with Gasteiger partial charge in [0.2, 0.25) is 5.91 Å². The first kappa shape index (κ1) is 17.1. The van der Waals surface area contributed by atoms with Crippen molar-refractivity contribution >= 4 is 23.4 Å². The van der Waals surface area contributed by atoms with Crippen molar-refractivity contribution in [1.82, 2.24) is 25.5 Å². The molecule has 25 heavy (non-hydrogen) atoms. The predicted octanol–water partition coefficient (Wildman–Crippen LogP) is 1.75. The summed E-state index contributed by atoms with van der Waals surface area (Å²) in [6.45, 7) is 4.45. The second-order valence-electron chi connectivity index (χ2n) is 6.05. The van der Waals surface area contributed by atoms with Gasteiger partial charge in [-0.3, -0.25) is 4.79 Å². The summed E-state index contributed by atoms with van der Waals surface area (Å²) in [5, 5.41) is 14.6. The number of piperidine rings is 1. The van der Waals surface area contributed by atoms with Crippen LogP contribution in [0.4, 0.5) is 17.5 Å². The van der Waals surface area contributed by atoms with Gasteiger partial charge in [-0.05, 0) is 37.5 Å². The van der Waals surface area contributed by atoms with Crippen molar-refractivity contribution in [3.8, 4) is 0 Å².